The number of hydrogen-bond donors (Lipinski definition) is 1. The molecule has 0 radical (unpaired) electrons. The van der Waals surface area contributed by atoms with Gasteiger partial charge in [0.2, 0.25) is 0 Å². The van der Waals surface area contributed by atoms with Crippen molar-refractivity contribution in [1.29, 1.82) is 0 Å². The zero-order chi connectivity index (χ0) is 13.0. The highest BCUT2D eigenvalue weighted by atomic mass is 16.4. The Morgan fingerprint density at radius 1 is 1.06 bits per heavy atom. The van der Waals surface area contributed by atoms with Gasteiger partial charge in [-0.05, 0) is 18.4 Å². The summed E-state index contributed by atoms with van der Waals surface area (Å²) in [6.45, 7) is 0. The number of aliphatic carboxylic acids is 1. The first kappa shape index (κ1) is 12.8. The number of hydrogen-bond acceptors (Lipinski definition) is 2. The summed E-state index contributed by atoms with van der Waals surface area (Å²) in [5, 5.41) is 9.17. The lowest BCUT2D eigenvalue weighted by Crippen LogP contribution is -2.33. The molecule has 1 aromatic carbocycles. The molecule has 1 fully saturated rings. The minimum absolute atomic E-state index is 0.0771. The van der Waals surface area contributed by atoms with Crippen LogP contribution in [0.15, 0.2) is 30.3 Å². The monoisotopic (exact) mass is 246 g/mol. The van der Waals surface area contributed by atoms with Gasteiger partial charge >= 0.3 is 5.97 Å². The van der Waals surface area contributed by atoms with Crippen LogP contribution in [0.1, 0.15) is 31.2 Å². The van der Waals surface area contributed by atoms with Crippen molar-refractivity contribution in [3.8, 4) is 0 Å². The van der Waals surface area contributed by atoms with Gasteiger partial charge in [-0.25, -0.2) is 0 Å². The number of carboxylic acids is 1. The van der Waals surface area contributed by atoms with Crippen LogP contribution < -0.4 is 0 Å². The highest BCUT2D eigenvalue weighted by molar-refractivity contribution is 5.87. The van der Waals surface area contributed by atoms with E-state index in [1.165, 1.54) is 0 Å². The molecule has 1 aliphatic carbocycles. The van der Waals surface area contributed by atoms with Gasteiger partial charge in [0.05, 0.1) is 5.92 Å². The van der Waals surface area contributed by atoms with Gasteiger partial charge in [-0.15, -0.1) is 0 Å². The van der Waals surface area contributed by atoms with Crippen molar-refractivity contribution in [2.24, 2.45) is 11.8 Å². The molecule has 0 heterocycles. The summed E-state index contributed by atoms with van der Waals surface area (Å²) in [4.78, 5) is 23.4. The average Bonchev–Trinajstić information content (AvgIpc) is 2.40. The van der Waals surface area contributed by atoms with E-state index in [1.807, 2.05) is 30.3 Å². The van der Waals surface area contributed by atoms with Gasteiger partial charge in [-0.3, -0.25) is 9.59 Å². The molecule has 3 nitrogen and oxygen atoms in total. The molecule has 0 spiro atoms. The second kappa shape index (κ2) is 5.80. The van der Waals surface area contributed by atoms with Gasteiger partial charge in [0.1, 0.15) is 5.78 Å². The predicted octanol–water partition coefficient (Wildman–Crippen LogP) is 2.69. The molecule has 96 valence electrons. The molecule has 0 aromatic heterocycles. The minimum Gasteiger partial charge on any atom is -0.481 e. The third kappa shape index (κ3) is 2.97. The number of carboxylic acid groups (broad SMARTS) is 1. The van der Waals surface area contributed by atoms with Crippen LogP contribution in [0.5, 0.6) is 0 Å². The van der Waals surface area contributed by atoms with Crippen molar-refractivity contribution in [3.05, 3.63) is 35.9 Å². The summed E-state index contributed by atoms with van der Waals surface area (Å²) in [5.41, 5.74) is 0.970. The van der Waals surface area contributed by atoms with Gasteiger partial charge in [0.15, 0.2) is 0 Å². The average molecular weight is 246 g/mol. The maximum atomic E-state index is 12.2. The maximum Gasteiger partial charge on any atom is 0.307 e. The molecule has 3 heteroatoms. The number of carbonyl (C=O) groups is 2. The number of carbonyl (C=O) groups excluding carboxylic acids is 1. The topological polar surface area (TPSA) is 54.4 Å². The predicted molar refractivity (Wildman–Crippen MR) is 68.2 cm³/mol. The Balaban J connectivity index is 2.05. The van der Waals surface area contributed by atoms with Crippen LogP contribution in [0, 0.1) is 11.8 Å². The Morgan fingerprint density at radius 3 is 2.28 bits per heavy atom. The zero-order valence-electron chi connectivity index (χ0n) is 10.3. The lowest BCUT2D eigenvalue weighted by Gasteiger charge is -2.27. The van der Waals surface area contributed by atoms with Crippen LogP contribution in [-0.2, 0) is 16.0 Å². The maximum absolute atomic E-state index is 12.2. The molecule has 0 amide bonds. The van der Waals surface area contributed by atoms with Gasteiger partial charge in [-0.1, -0.05) is 43.2 Å². The van der Waals surface area contributed by atoms with Gasteiger partial charge < -0.3 is 5.11 Å². The zero-order valence-corrected chi connectivity index (χ0v) is 10.3. The van der Waals surface area contributed by atoms with E-state index >= 15 is 0 Å². The van der Waals surface area contributed by atoms with Crippen LogP contribution in [0.4, 0.5) is 0 Å². The lowest BCUT2D eigenvalue weighted by molar-refractivity contribution is -0.148. The van der Waals surface area contributed by atoms with Gasteiger partial charge in [-0.2, -0.15) is 0 Å². The summed E-state index contributed by atoms with van der Waals surface area (Å²) in [5.74, 6) is -1.51. The molecule has 1 N–H and O–H groups in total. The summed E-state index contributed by atoms with van der Waals surface area (Å²) >= 11 is 0. The SMILES string of the molecule is O=C(Cc1ccccc1)[C@H]1CCCC[C@H]1C(=O)O. The van der Waals surface area contributed by atoms with E-state index in [0.29, 0.717) is 12.8 Å². The molecule has 2 rings (SSSR count). The van der Waals surface area contributed by atoms with Crippen molar-refractivity contribution in [2.45, 2.75) is 32.1 Å². The fourth-order valence-electron chi connectivity index (χ4n) is 2.74. The number of rotatable bonds is 4. The molecule has 0 saturated heterocycles. The molecule has 0 bridgehead atoms. The fourth-order valence-corrected chi connectivity index (χ4v) is 2.74. The summed E-state index contributed by atoms with van der Waals surface area (Å²) < 4.78 is 0. The molecular formula is C15H18O3. The van der Waals surface area contributed by atoms with Crippen molar-refractivity contribution < 1.29 is 14.7 Å². The molecular weight excluding hydrogens is 228 g/mol. The Kier molecular flexibility index (Phi) is 4.13. The first-order valence-electron chi connectivity index (χ1n) is 6.48. The highest BCUT2D eigenvalue weighted by Gasteiger charge is 2.35. The lowest BCUT2D eigenvalue weighted by atomic mass is 9.76. The van der Waals surface area contributed by atoms with E-state index in [0.717, 1.165) is 24.8 Å². The summed E-state index contributed by atoms with van der Waals surface area (Å²) in [7, 11) is 0. The second-order valence-corrected chi connectivity index (χ2v) is 4.96. The standard InChI is InChI=1S/C15H18O3/c16-14(10-11-6-2-1-3-7-11)12-8-4-5-9-13(12)15(17)18/h1-3,6-7,12-13H,4-5,8-10H2,(H,17,18)/t12-,13+/m0/s1. The fraction of sp³-hybridized carbons (Fsp3) is 0.467. The Morgan fingerprint density at radius 2 is 1.67 bits per heavy atom. The van der Waals surface area contributed by atoms with Crippen LogP contribution in [0.25, 0.3) is 0 Å². The quantitative estimate of drug-likeness (QED) is 0.888. The molecule has 2 atom stereocenters. The van der Waals surface area contributed by atoms with Crippen LogP contribution in [0.3, 0.4) is 0 Å². The Hall–Kier alpha value is -1.64. The molecule has 1 saturated carbocycles. The molecule has 0 aliphatic heterocycles. The van der Waals surface area contributed by atoms with Gasteiger partial charge in [0, 0.05) is 12.3 Å². The number of Topliss-reactive ketones (excluding diaryl/α,β-unsaturated/α-hetero) is 1. The van der Waals surface area contributed by atoms with E-state index < -0.39 is 11.9 Å². The molecule has 0 unspecified atom stereocenters. The minimum atomic E-state index is -0.818. The van der Waals surface area contributed by atoms with E-state index in [2.05, 4.69) is 0 Å². The third-order valence-corrected chi connectivity index (χ3v) is 3.72. The largest absolute Gasteiger partial charge is 0.481 e. The van der Waals surface area contributed by atoms with Crippen LogP contribution in [-0.4, -0.2) is 16.9 Å². The number of benzene rings is 1. The Labute approximate surface area is 107 Å². The van der Waals surface area contributed by atoms with E-state index in [1.54, 1.807) is 0 Å². The highest BCUT2D eigenvalue weighted by Crippen LogP contribution is 2.31. The summed E-state index contributed by atoms with van der Waals surface area (Å²) in [6.07, 6.45) is 3.61. The summed E-state index contributed by atoms with van der Waals surface area (Å²) in [6, 6.07) is 9.54. The first-order valence-corrected chi connectivity index (χ1v) is 6.48. The second-order valence-electron chi connectivity index (χ2n) is 4.96. The molecule has 18 heavy (non-hydrogen) atoms. The van der Waals surface area contributed by atoms with Crippen molar-refractivity contribution in [2.75, 3.05) is 0 Å². The normalized spacial score (nSPS) is 23.6. The van der Waals surface area contributed by atoms with E-state index in [9.17, 15) is 14.7 Å². The van der Waals surface area contributed by atoms with Crippen LogP contribution >= 0.6 is 0 Å². The third-order valence-electron chi connectivity index (χ3n) is 3.72. The first-order chi connectivity index (χ1) is 8.68. The van der Waals surface area contributed by atoms with Crippen LogP contribution in [0.2, 0.25) is 0 Å². The Bertz CT molecular complexity index is 425. The van der Waals surface area contributed by atoms with E-state index in [4.69, 9.17) is 0 Å². The van der Waals surface area contributed by atoms with Crippen molar-refractivity contribution in [3.63, 3.8) is 0 Å². The molecule has 1 aliphatic rings. The molecule has 1 aromatic rings. The number of ketones is 1. The van der Waals surface area contributed by atoms with Crippen molar-refractivity contribution >= 4 is 11.8 Å². The van der Waals surface area contributed by atoms with Crippen molar-refractivity contribution in [1.82, 2.24) is 0 Å². The smallest absolute Gasteiger partial charge is 0.307 e. The van der Waals surface area contributed by atoms with E-state index in [-0.39, 0.29) is 11.7 Å². The van der Waals surface area contributed by atoms with Gasteiger partial charge in [0.25, 0.3) is 0 Å².